The van der Waals surface area contributed by atoms with E-state index >= 15 is 0 Å². The van der Waals surface area contributed by atoms with Crippen molar-refractivity contribution in [3.63, 3.8) is 0 Å². The lowest BCUT2D eigenvalue weighted by Gasteiger charge is -2.03. The third-order valence-electron chi connectivity index (χ3n) is 1.63. The van der Waals surface area contributed by atoms with E-state index in [1.54, 1.807) is 6.08 Å². The predicted molar refractivity (Wildman–Crippen MR) is 43.1 cm³/mol. The van der Waals surface area contributed by atoms with E-state index in [2.05, 4.69) is 6.58 Å². The molecule has 60 valence electrons. The minimum absolute atomic E-state index is 0.0925. The topological polar surface area (TPSA) is 26.3 Å². The molecule has 0 aromatic carbocycles. The fourth-order valence-corrected chi connectivity index (χ4v) is 1.06. The first-order valence-corrected chi connectivity index (χ1v) is 3.65. The van der Waals surface area contributed by atoms with Crippen molar-refractivity contribution in [1.82, 2.24) is 0 Å². The van der Waals surface area contributed by atoms with Gasteiger partial charge in [0.1, 0.15) is 6.10 Å². The third-order valence-corrected chi connectivity index (χ3v) is 1.63. The van der Waals surface area contributed by atoms with Crippen LogP contribution in [0.5, 0.6) is 0 Å². The fraction of sp³-hybridized carbons (Fsp3) is 0.444. The number of allylic oxidation sites excluding steroid dienone is 2. The van der Waals surface area contributed by atoms with Gasteiger partial charge in [0.05, 0.1) is 6.42 Å². The Morgan fingerprint density at radius 2 is 2.36 bits per heavy atom. The lowest BCUT2D eigenvalue weighted by atomic mass is 10.2. The van der Waals surface area contributed by atoms with Crippen molar-refractivity contribution in [2.75, 3.05) is 0 Å². The molecule has 1 rings (SSSR count). The number of ketones is 1. The van der Waals surface area contributed by atoms with E-state index in [0.717, 1.165) is 5.57 Å². The summed E-state index contributed by atoms with van der Waals surface area (Å²) in [5, 5.41) is 0. The van der Waals surface area contributed by atoms with E-state index in [0.29, 0.717) is 12.2 Å². The van der Waals surface area contributed by atoms with Crippen molar-refractivity contribution < 1.29 is 9.53 Å². The van der Waals surface area contributed by atoms with Crippen LogP contribution in [0.25, 0.3) is 0 Å². The average Bonchev–Trinajstić information content (AvgIpc) is 2.30. The second-order valence-corrected chi connectivity index (χ2v) is 2.85. The highest BCUT2D eigenvalue weighted by Crippen LogP contribution is 2.22. The van der Waals surface area contributed by atoms with Crippen LogP contribution in [0, 0.1) is 0 Å². The van der Waals surface area contributed by atoms with E-state index < -0.39 is 0 Å². The lowest BCUT2D eigenvalue weighted by Crippen LogP contribution is -1.97. The molecule has 2 nitrogen and oxygen atoms in total. The van der Waals surface area contributed by atoms with Gasteiger partial charge >= 0.3 is 0 Å². The van der Waals surface area contributed by atoms with Gasteiger partial charge in [0.15, 0.2) is 5.76 Å². The van der Waals surface area contributed by atoms with Gasteiger partial charge in [0.25, 0.3) is 0 Å². The maximum atomic E-state index is 11.2. The van der Waals surface area contributed by atoms with Gasteiger partial charge in [-0.3, -0.25) is 4.79 Å². The molecule has 11 heavy (non-hydrogen) atoms. The van der Waals surface area contributed by atoms with Crippen molar-refractivity contribution in [3.05, 3.63) is 24.0 Å². The zero-order valence-electron chi connectivity index (χ0n) is 6.89. The Hall–Kier alpha value is -1.05. The summed E-state index contributed by atoms with van der Waals surface area (Å²) in [7, 11) is 0. The molecule has 0 aliphatic carbocycles. The quantitative estimate of drug-likeness (QED) is 0.423. The zero-order chi connectivity index (χ0) is 8.43. The van der Waals surface area contributed by atoms with Gasteiger partial charge in [0, 0.05) is 0 Å². The van der Waals surface area contributed by atoms with E-state index in [4.69, 9.17) is 4.74 Å². The summed E-state index contributed by atoms with van der Waals surface area (Å²) in [5.41, 5.74) is 0.944. The molecule has 2 heteroatoms. The molecule has 0 radical (unpaired) electrons. The standard InChI is InChI=1S/C9H12O2/c1-4-7-5-8(10)9(11-7)6(2)3/h4,7H,1,5H2,2-3H3. The van der Waals surface area contributed by atoms with Crippen molar-refractivity contribution in [2.24, 2.45) is 0 Å². The van der Waals surface area contributed by atoms with Crippen LogP contribution in [0.4, 0.5) is 0 Å². The van der Waals surface area contributed by atoms with Crippen LogP contribution in [0.15, 0.2) is 24.0 Å². The fourth-order valence-electron chi connectivity index (χ4n) is 1.06. The van der Waals surface area contributed by atoms with Crippen LogP contribution >= 0.6 is 0 Å². The molecule has 1 fully saturated rings. The van der Waals surface area contributed by atoms with Crippen LogP contribution in [0.2, 0.25) is 0 Å². The van der Waals surface area contributed by atoms with Gasteiger partial charge < -0.3 is 4.74 Å². The summed E-state index contributed by atoms with van der Waals surface area (Å²) in [6.45, 7) is 7.32. The first kappa shape index (κ1) is 8.05. The number of carbonyl (C=O) groups is 1. The molecule has 1 heterocycles. The predicted octanol–water partition coefficient (Wildman–Crippen LogP) is 1.82. The molecule has 1 unspecified atom stereocenters. The molecule has 0 aromatic rings. The van der Waals surface area contributed by atoms with E-state index in [-0.39, 0.29) is 11.9 Å². The van der Waals surface area contributed by atoms with Crippen LogP contribution < -0.4 is 0 Å². The smallest absolute Gasteiger partial charge is 0.201 e. The first-order valence-electron chi connectivity index (χ1n) is 3.65. The Morgan fingerprint density at radius 3 is 2.64 bits per heavy atom. The molecule has 0 N–H and O–H groups in total. The summed E-state index contributed by atoms with van der Waals surface area (Å²) in [4.78, 5) is 11.2. The van der Waals surface area contributed by atoms with Gasteiger partial charge in [-0.1, -0.05) is 12.7 Å². The SMILES string of the molecule is C=CC1CC(=O)C(=C(C)C)O1. The molecular formula is C9H12O2. The molecule has 0 amide bonds. The summed E-state index contributed by atoms with van der Waals surface area (Å²) in [6.07, 6.45) is 2.00. The Bertz CT molecular complexity index is 222. The molecule has 1 aliphatic rings. The number of Topliss-reactive ketones (excluding diaryl/α,β-unsaturated/α-hetero) is 1. The monoisotopic (exact) mass is 152 g/mol. The second kappa shape index (κ2) is 2.91. The number of carbonyl (C=O) groups excluding carboxylic acids is 1. The van der Waals surface area contributed by atoms with Crippen LogP contribution in [-0.4, -0.2) is 11.9 Å². The minimum Gasteiger partial charge on any atom is -0.482 e. The number of hydrogen-bond donors (Lipinski definition) is 0. The minimum atomic E-state index is -0.104. The molecule has 0 aromatic heterocycles. The zero-order valence-corrected chi connectivity index (χ0v) is 6.89. The van der Waals surface area contributed by atoms with Crippen LogP contribution in [0.3, 0.4) is 0 Å². The van der Waals surface area contributed by atoms with E-state index in [9.17, 15) is 4.79 Å². The Balaban J connectivity index is 2.82. The summed E-state index contributed by atoms with van der Waals surface area (Å²) >= 11 is 0. The van der Waals surface area contributed by atoms with Crippen molar-refractivity contribution in [1.29, 1.82) is 0 Å². The second-order valence-electron chi connectivity index (χ2n) is 2.85. The maximum absolute atomic E-state index is 11.2. The Kier molecular flexibility index (Phi) is 2.13. The number of rotatable bonds is 1. The van der Waals surface area contributed by atoms with Gasteiger partial charge in [-0.05, 0) is 19.4 Å². The highest BCUT2D eigenvalue weighted by Gasteiger charge is 2.27. The lowest BCUT2D eigenvalue weighted by molar-refractivity contribution is -0.115. The molecule has 0 saturated carbocycles. The summed E-state index contributed by atoms with van der Waals surface area (Å²) in [5.74, 6) is 0.616. The highest BCUT2D eigenvalue weighted by molar-refractivity contribution is 5.96. The van der Waals surface area contributed by atoms with Gasteiger partial charge in [-0.25, -0.2) is 0 Å². The molecule has 1 saturated heterocycles. The largest absolute Gasteiger partial charge is 0.482 e. The average molecular weight is 152 g/mol. The first-order chi connectivity index (χ1) is 5.15. The third kappa shape index (κ3) is 1.50. The van der Waals surface area contributed by atoms with Gasteiger partial charge in [-0.15, -0.1) is 0 Å². The molecular weight excluding hydrogens is 140 g/mol. The van der Waals surface area contributed by atoms with E-state index in [1.165, 1.54) is 0 Å². The van der Waals surface area contributed by atoms with Crippen LogP contribution in [-0.2, 0) is 9.53 Å². The molecule has 0 bridgehead atoms. The van der Waals surface area contributed by atoms with Gasteiger partial charge in [-0.2, -0.15) is 0 Å². The summed E-state index contributed by atoms with van der Waals surface area (Å²) in [6, 6.07) is 0. The Labute approximate surface area is 66.5 Å². The van der Waals surface area contributed by atoms with Crippen molar-refractivity contribution >= 4 is 5.78 Å². The van der Waals surface area contributed by atoms with Gasteiger partial charge in [0.2, 0.25) is 5.78 Å². The van der Waals surface area contributed by atoms with E-state index in [1.807, 2.05) is 13.8 Å². The van der Waals surface area contributed by atoms with Crippen molar-refractivity contribution in [3.8, 4) is 0 Å². The molecule has 0 spiro atoms. The normalized spacial score (nSPS) is 23.3. The van der Waals surface area contributed by atoms with Crippen molar-refractivity contribution in [2.45, 2.75) is 26.4 Å². The summed E-state index contributed by atoms with van der Waals surface area (Å²) < 4.78 is 5.30. The molecule has 1 aliphatic heterocycles. The maximum Gasteiger partial charge on any atom is 0.201 e. The highest BCUT2D eigenvalue weighted by atomic mass is 16.5. The van der Waals surface area contributed by atoms with Crippen LogP contribution in [0.1, 0.15) is 20.3 Å². The Morgan fingerprint density at radius 1 is 1.73 bits per heavy atom. The number of ether oxygens (including phenoxy) is 1. The number of hydrogen-bond acceptors (Lipinski definition) is 2. The molecule has 1 atom stereocenters.